The van der Waals surface area contributed by atoms with Gasteiger partial charge in [0.15, 0.2) is 10.7 Å². The van der Waals surface area contributed by atoms with Gasteiger partial charge in [-0.1, -0.05) is 30.3 Å². The molecule has 4 aromatic rings. The first-order valence-corrected chi connectivity index (χ1v) is 10.3. The van der Waals surface area contributed by atoms with E-state index in [4.69, 9.17) is 4.42 Å². The minimum absolute atomic E-state index is 0.130. The van der Waals surface area contributed by atoms with Crippen LogP contribution in [-0.4, -0.2) is 24.6 Å². The summed E-state index contributed by atoms with van der Waals surface area (Å²) < 4.78 is 20.7. The number of furan rings is 1. The molecule has 6 heteroatoms. The van der Waals surface area contributed by atoms with E-state index in [1.54, 1.807) is 18.2 Å². The predicted molar refractivity (Wildman–Crippen MR) is 116 cm³/mol. The molecule has 1 amide bonds. The summed E-state index contributed by atoms with van der Waals surface area (Å²) in [5, 5.41) is 0.818. The van der Waals surface area contributed by atoms with Crippen LogP contribution in [0.4, 0.5) is 5.69 Å². The lowest BCUT2D eigenvalue weighted by Gasteiger charge is -2.11. The van der Waals surface area contributed by atoms with Gasteiger partial charge >= 0.3 is 5.91 Å². The molecular weight excluding hydrogens is 384 g/mol. The van der Waals surface area contributed by atoms with Crippen LogP contribution < -0.4 is 9.62 Å². The quantitative estimate of drug-likeness (QED) is 0.493. The third kappa shape index (κ3) is 4.13. The normalized spacial score (nSPS) is 12.0. The second-order valence-electron chi connectivity index (χ2n) is 6.82. The fraction of sp³-hybridized carbons (Fsp3) is 0.0870. The smallest absolute Gasteiger partial charge is 0.328 e. The molecule has 3 aromatic carbocycles. The van der Waals surface area contributed by atoms with Gasteiger partial charge in [-0.3, -0.25) is 4.79 Å². The molecule has 5 nitrogen and oxygen atoms in total. The Hall–Kier alpha value is -3.22. The molecule has 0 aliphatic carbocycles. The molecule has 1 atom stereocenters. The van der Waals surface area contributed by atoms with Crippen LogP contribution >= 0.6 is 0 Å². The van der Waals surface area contributed by atoms with Crippen LogP contribution in [0.15, 0.2) is 88.2 Å². The summed E-state index contributed by atoms with van der Waals surface area (Å²) in [7, 11) is 3.87. The predicted octanol–water partition coefficient (Wildman–Crippen LogP) is 4.62. The minimum Gasteiger partial charge on any atom is -0.588 e. The van der Waals surface area contributed by atoms with E-state index in [9.17, 15) is 9.35 Å². The molecule has 0 saturated heterocycles. The van der Waals surface area contributed by atoms with Crippen LogP contribution in [0.25, 0.3) is 22.1 Å². The van der Waals surface area contributed by atoms with Gasteiger partial charge < -0.3 is 13.9 Å². The van der Waals surface area contributed by atoms with Gasteiger partial charge in [-0.2, -0.15) is 4.72 Å². The van der Waals surface area contributed by atoms with Gasteiger partial charge in [-0.05, 0) is 53.6 Å². The summed E-state index contributed by atoms with van der Waals surface area (Å²) in [4.78, 5) is 15.0. The van der Waals surface area contributed by atoms with Crippen molar-refractivity contribution in [1.29, 1.82) is 0 Å². The van der Waals surface area contributed by atoms with E-state index in [1.807, 2.05) is 79.7 Å². The highest BCUT2D eigenvalue weighted by atomic mass is 32.2. The number of nitrogens with zero attached hydrogens (tertiary/aromatic N) is 1. The van der Waals surface area contributed by atoms with Crippen LogP contribution in [-0.2, 0) is 11.4 Å². The van der Waals surface area contributed by atoms with Crippen LogP contribution in [0.3, 0.4) is 0 Å². The molecule has 29 heavy (non-hydrogen) atoms. The van der Waals surface area contributed by atoms with Gasteiger partial charge in [0.1, 0.15) is 16.9 Å². The summed E-state index contributed by atoms with van der Waals surface area (Å²) in [6.07, 6.45) is 0. The lowest BCUT2D eigenvalue weighted by Crippen LogP contribution is -2.30. The highest BCUT2D eigenvalue weighted by Gasteiger charge is 2.20. The standard InChI is InChI=1S/C23H20N2O3S/c1-25(2)19-11-8-18-14-22(28-21(18)15-19)23(26)24-29(27)20-12-9-17(10-13-20)16-6-4-3-5-7-16/h3-15H,1-2H3,(H,24,26). The van der Waals surface area contributed by atoms with Crippen molar-refractivity contribution in [2.24, 2.45) is 0 Å². The van der Waals surface area contributed by atoms with E-state index >= 15 is 0 Å². The van der Waals surface area contributed by atoms with Crippen molar-refractivity contribution in [3.05, 3.63) is 84.6 Å². The van der Waals surface area contributed by atoms with Gasteiger partial charge in [0.05, 0.1) is 0 Å². The fourth-order valence-electron chi connectivity index (χ4n) is 3.00. The van der Waals surface area contributed by atoms with Gasteiger partial charge in [0.25, 0.3) is 0 Å². The van der Waals surface area contributed by atoms with Gasteiger partial charge in [-0.25, -0.2) is 0 Å². The highest BCUT2D eigenvalue weighted by Crippen LogP contribution is 2.25. The van der Waals surface area contributed by atoms with Gasteiger partial charge in [0.2, 0.25) is 0 Å². The molecule has 1 N–H and O–H groups in total. The maximum Gasteiger partial charge on any atom is 0.328 e. The molecule has 0 bridgehead atoms. The number of fused-ring (bicyclic) bond motifs is 1. The molecule has 1 unspecified atom stereocenters. The van der Waals surface area contributed by atoms with Crippen molar-refractivity contribution in [3.63, 3.8) is 0 Å². The lowest BCUT2D eigenvalue weighted by molar-refractivity contribution is 0.0956. The summed E-state index contributed by atoms with van der Waals surface area (Å²) in [6.45, 7) is 0. The van der Waals surface area contributed by atoms with Crippen molar-refractivity contribution in [2.45, 2.75) is 4.90 Å². The largest absolute Gasteiger partial charge is 0.588 e. The first kappa shape index (κ1) is 19.1. The zero-order chi connectivity index (χ0) is 20.4. The molecule has 146 valence electrons. The van der Waals surface area contributed by atoms with Gasteiger partial charge in [-0.15, -0.1) is 0 Å². The van der Waals surface area contributed by atoms with Crippen molar-refractivity contribution >= 4 is 33.9 Å². The Kier molecular flexibility index (Phi) is 5.29. The number of carbonyl (C=O) groups is 1. The summed E-state index contributed by atoms with van der Waals surface area (Å²) >= 11 is -1.68. The molecule has 0 aliphatic heterocycles. The second-order valence-corrected chi connectivity index (χ2v) is 8.03. The topological polar surface area (TPSA) is 68.5 Å². The Bertz CT molecular complexity index is 1140. The molecule has 0 spiro atoms. The molecule has 0 radical (unpaired) electrons. The molecule has 1 heterocycles. The molecule has 4 rings (SSSR count). The first-order chi connectivity index (χ1) is 14.0. The van der Waals surface area contributed by atoms with Crippen LogP contribution in [0.1, 0.15) is 10.6 Å². The Morgan fingerprint density at radius 2 is 1.62 bits per heavy atom. The minimum atomic E-state index is -1.68. The summed E-state index contributed by atoms with van der Waals surface area (Å²) in [5.74, 6) is -0.386. The number of benzene rings is 3. The maximum atomic E-state index is 12.6. The second kappa shape index (κ2) is 8.03. The summed E-state index contributed by atoms with van der Waals surface area (Å²) in [5.41, 5.74) is 3.68. The number of amides is 1. The van der Waals surface area contributed by atoms with E-state index in [2.05, 4.69) is 4.72 Å². The summed E-state index contributed by atoms with van der Waals surface area (Å²) in [6, 6.07) is 24.6. The van der Waals surface area contributed by atoms with E-state index in [1.165, 1.54) is 0 Å². The first-order valence-electron chi connectivity index (χ1n) is 9.10. The van der Waals surface area contributed by atoms with Crippen LogP contribution in [0.2, 0.25) is 0 Å². The van der Waals surface area contributed by atoms with Crippen molar-refractivity contribution < 1.29 is 13.8 Å². The van der Waals surface area contributed by atoms with Crippen LogP contribution in [0, 0.1) is 0 Å². The number of hydrogen-bond donors (Lipinski definition) is 1. The van der Waals surface area contributed by atoms with E-state index < -0.39 is 17.3 Å². The lowest BCUT2D eigenvalue weighted by atomic mass is 10.1. The van der Waals surface area contributed by atoms with Gasteiger partial charge in [0, 0.05) is 31.2 Å². The molecular formula is C23H20N2O3S. The monoisotopic (exact) mass is 404 g/mol. The van der Waals surface area contributed by atoms with E-state index in [-0.39, 0.29) is 5.76 Å². The Balaban J connectivity index is 1.48. The molecule has 0 fully saturated rings. The number of rotatable bonds is 5. The van der Waals surface area contributed by atoms with E-state index in [0.29, 0.717) is 10.5 Å². The average Bonchev–Trinajstić information content (AvgIpc) is 3.18. The van der Waals surface area contributed by atoms with E-state index in [0.717, 1.165) is 22.2 Å². The number of anilines is 1. The van der Waals surface area contributed by atoms with Crippen molar-refractivity contribution in [2.75, 3.05) is 19.0 Å². The van der Waals surface area contributed by atoms with Crippen molar-refractivity contribution in [1.82, 2.24) is 4.72 Å². The number of hydrogen-bond acceptors (Lipinski definition) is 4. The number of carbonyl (C=O) groups excluding carboxylic acids is 1. The molecule has 0 saturated carbocycles. The Labute approximate surface area is 172 Å². The highest BCUT2D eigenvalue weighted by molar-refractivity contribution is 7.90. The fourth-order valence-corrected chi connectivity index (χ4v) is 3.78. The average molecular weight is 404 g/mol. The third-order valence-electron chi connectivity index (χ3n) is 4.60. The van der Waals surface area contributed by atoms with Crippen molar-refractivity contribution in [3.8, 4) is 11.1 Å². The SMILES string of the molecule is CN(C)c1ccc2cc(C(=O)N[S+]([O-])c3ccc(-c4ccccc4)cc3)oc2c1. The zero-order valence-electron chi connectivity index (χ0n) is 16.1. The Morgan fingerprint density at radius 1 is 0.931 bits per heavy atom. The molecule has 0 aliphatic rings. The number of nitrogens with one attached hydrogen (secondary N) is 1. The Morgan fingerprint density at radius 3 is 2.31 bits per heavy atom. The molecule has 1 aromatic heterocycles. The third-order valence-corrected chi connectivity index (χ3v) is 5.68. The van der Waals surface area contributed by atoms with Crippen LogP contribution in [0.5, 0.6) is 0 Å². The zero-order valence-corrected chi connectivity index (χ0v) is 16.9. The maximum absolute atomic E-state index is 12.6.